The smallest absolute Gasteiger partial charge is 0.258 e. The highest BCUT2D eigenvalue weighted by molar-refractivity contribution is 5.40. The number of aryl methyl sites for hydroxylation is 1. The van der Waals surface area contributed by atoms with E-state index in [9.17, 15) is 4.79 Å². The summed E-state index contributed by atoms with van der Waals surface area (Å²) in [5.74, 6) is 0.579. The molecule has 0 amide bonds. The first kappa shape index (κ1) is 17.4. The van der Waals surface area contributed by atoms with E-state index in [0.717, 1.165) is 17.8 Å². The molecule has 0 spiro atoms. The summed E-state index contributed by atoms with van der Waals surface area (Å²) in [4.78, 5) is 17.1. The summed E-state index contributed by atoms with van der Waals surface area (Å²) < 4.78 is 1.65. The maximum absolute atomic E-state index is 12.4. The van der Waals surface area contributed by atoms with Gasteiger partial charge in [-0.05, 0) is 37.0 Å². The van der Waals surface area contributed by atoms with Crippen LogP contribution < -0.4 is 10.9 Å². The van der Waals surface area contributed by atoms with Crippen molar-refractivity contribution < 1.29 is 0 Å². The van der Waals surface area contributed by atoms with Gasteiger partial charge in [-0.3, -0.25) is 9.20 Å². The first-order chi connectivity index (χ1) is 12.0. The third kappa shape index (κ3) is 4.15. The van der Waals surface area contributed by atoms with Gasteiger partial charge in [-0.15, -0.1) is 0 Å². The van der Waals surface area contributed by atoms with Crippen LogP contribution in [0.3, 0.4) is 0 Å². The molecule has 0 radical (unpaired) electrons. The van der Waals surface area contributed by atoms with Gasteiger partial charge < -0.3 is 5.32 Å². The third-order valence-electron chi connectivity index (χ3n) is 4.37. The average Bonchev–Trinajstić information content (AvgIpc) is 2.59. The van der Waals surface area contributed by atoms with E-state index < -0.39 is 0 Å². The molecular weight excluding hydrogens is 310 g/mol. The van der Waals surface area contributed by atoms with Crippen molar-refractivity contribution in [2.45, 2.75) is 39.8 Å². The van der Waals surface area contributed by atoms with Gasteiger partial charge in [0.25, 0.3) is 5.56 Å². The summed E-state index contributed by atoms with van der Waals surface area (Å²) in [6, 6.07) is 18.1. The highest BCUT2D eigenvalue weighted by atomic mass is 16.1. The number of nitrogens with zero attached hydrogens (tertiary/aromatic N) is 2. The Balaban J connectivity index is 1.83. The molecule has 1 aromatic carbocycles. The predicted octanol–water partition coefficient (Wildman–Crippen LogP) is 3.88. The van der Waals surface area contributed by atoms with Crippen molar-refractivity contribution in [3.63, 3.8) is 0 Å². The Morgan fingerprint density at radius 3 is 2.56 bits per heavy atom. The molecule has 2 aromatic heterocycles. The van der Waals surface area contributed by atoms with Crippen molar-refractivity contribution in [2.75, 3.05) is 0 Å². The molecule has 3 rings (SSSR count). The lowest BCUT2D eigenvalue weighted by Crippen LogP contribution is -2.25. The maximum Gasteiger partial charge on any atom is 0.258 e. The lowest BCUT2D eigenvalue weighted by Gasteiger charge is -2.21. The van der Waals surface area contributed by atoms with Crippen LogP contribution in [0.15, 0.2) is 59.4 Å². The summed E-state index contributed by atoms with van der Waals surface area (Å²) in [5, 5.41) is 3.58. The standard InChI is InChI=1S/C21H25N3O/c1-15(2)12-19(17-9-5-4-6-10-17)22-14-18-13-21(25)24-16(3)8-7-11-20(24)23-18/h4-11,13,15,19,22H,12,14H2,1-3H3/t19-/m1/s1. The fourth-order valence-electron chi connectivity index (χ4n) is 3.18. The molecule has 0 saturated heterocycles. The van der Waals surface area contributed by atoms with E-state index in [4.69, 9.17) is 0 Å². The molecule has 0 aliphatic rings. The second-order valence-corrected chi connectivity index (χ2v) is 6.92. The number of hydrogen-bond donors (Lipinski definition) is 1. The molecule has 25 heavy (non-hydrogen) atoms. The molecule has 4 heteroatoms. The normalized spacial score (nSPS) is 12.6. The zero-order chi connectivity index (χ0) is 17.8. The minimum absolute atomic E-state index is 0.0278. The van der Waals surface area contributed by atoms with Crippen LogP contribution in [-0.4, -0.2) is 9.38 Å². The fourth-order valence-corrected chi connectivity index (χ4v) is 3.18. The molecule has 0 fully saturated rings. The Morgan fingerprint density at radius 2 is 1.84 bits per heavy atom. The number of benzene rings is 1. The van der Waals surface area contributed by atoms with Crippen molar-refractivity contribution in [1.29, 1.82) is 0 Å². The zero-order valence-corrected chi connectivity index (χ0v) is 15.1. The SMILES string of the molecule is Cc1cccc2nc(CN[C@H](CC(C)C)c3ccccc3)cc(=O)n12. The molecule has 4 nitrogen and oxygen atoms in total. The fraction of sp³-hybridized carbons (Fsp3) is 0.333. The summed E-state index contributed by atoms with van der Waals surface area (Å²) in [6.07, 6.45) is 1.04. The number of rotatable bonds is 6. The summed E-state index contributed by atoms with van der Waals surface area (Å²) >= 11 is 0. The van der Waals surface area contributed by atoms with Crippen LogP contribution in [0.5, 0.6) is 0 Å². The Hall–Kier alpha value is -2.46. The largest absolute Gasteiger partial charge is 0.304 e. The van der Waals surface area contributed by atoms with Gasteiger partial charge in [-0.2, -0.15) is 0 Å². The quantitative estimate of drug-likeness (QED) is 0.743. The van der Waals surface area contributed by atoms with E-state index in [2.05, 4.69) is 48.4 Å². The van der Waals surface area contributed by atoms with Gasteiger partial charge in [-0.25, -0.2) is 4.98 Å². The van der Waals surface area contributed by atoms with E-state index in [1.165, 1.54) is 5.56 Å². The maximum atomic E-state index is 12.4. The van der Waals surface area contributed by atoms with Crippen LogP contribution >= 0.6 is 0 Å². The number of nitrogens with one attached hydrogen (secondary N) is 1. The molecule has 1 atom stereocenters. The summed E-state index contributed by atoms with van der Waals surface area (Å²) in [6.45, 7) is 6.94. The Kier molecular flexibility index (Phi) is 5.29. The van der Waals surface area contributed by atoms with Gasteiger partial charge in [0.2, 0.25) is 0 Å². The van der Waals surface area contributed by atoms with Gasteiger partial charge in [-0.1, -0.05) is 50.2 Å². The average molecular weight is 335 g/mol. The summed E-state index contributed by atoms with van der Waals surface area (Å²) in [7, 11) is 0. The van der Waals surface area contributed by atoms with Gasteiger partial charge >= 0.3 is 0 Å². The molecule has 0 saturated carbocycles. The first-order valence-corrected chi connectivity index (χ1v) is 8.81. The molecule has 0 aliphatic heterocycles. The van der Waals surface area contributed by atoms with E-state index in [-0.39, 0.29) is 11.6 Å². The highest BCUT2D eigenvalue weighted by Gasteiger charge is 2.13. The van der Waals surface area contributed by atoms with Gasteiger partial charge in [0.15, 0.2) is 0 Å². The Labute approximate surface area is 148 Å². The van der Waals surface area contributed by atoms with Crippen LogP contribution in [0.2, 0.25) is 0 Å². The van der Waals surface area contributed by atoms with Gasteiger partial charge in [0.05, 0.1) is 5.69 Å². The van der Waals surface area contributed by atoms with E-state index in [0.29, 0.717) is 18.1 Å². The molecule has 130 valence electrons. The molecule has 2 heterocycles. The van der Waals surface area contributed by atoms with Crippen molar-refractivity contribution >= 4 is 5.65 Å². The second kappa shape index (κ2) is 7.62. The van der Waals surface area contributed by atoms with Crippen molar-refractivity contribution in [2.24, 2.45) is 5.92 Å². The van der Waals surface area contributed by atoms with Crippen molar-refractivity contribution in [3.05, 3.63) is 81.9 Å². The third-order valence-corrected chi connectivity index (χ3v) is 4.37. The lowest BCUT2D eigenvalue weighted by atomic mass is 9.97. The van der Waals surface area contributed by atoms with Crippen LogP contribution in [-0.2, 0) is 6.54 Å². The van der Waals surface area contributed by atoms with Crippen LogP contribution in [0, 0.1) is 12.8 Å². The molecule has 0 bridgehead atoms. The number of pyridine rings is 1. The lowest BCUT2D eigenvalue weighted by molar-refractivity contribution is 0.426. The predicted molar refractivity (Wildman–Crippen MR) is 102 cm³/mol. The minimum atomic E-state index is -0.0278. The van der Waals surface area contributed by atoms with Gasteiger partial charge in [0, 0.05) is 24.3 Å². The van der Waals surface area contributed by atoms with Crippen molar-refractivity contribution in [1.82, 2.24) is 14.7 Å². The van der Waals surface area contributed by atoms with Crippen molar-refractivity contribution in [3.8, 4) is 0 Å². The molecule has 1 N–H and O–H groups in total. The monoisotopic (exact) mass is 335 g/mol. The number of aromatic nitrogens is 2. The zero-order valence-electron chi connectivity index (χ0n) is 15.1. The number of hydrogen-bond acceptors (Lipinski definition) is 3. The topological polar surface area (TPSA) is 46.4 Å². The first-order valence-electron chi connectivity index (χ1n) is 8.81. The summed E-state index contributed by atoms with van der Waals surface area (Å²) in [5.41, 5.74) is 3.62. The van der Waals surface area contributed by atoms with Crippen LogP contribution in [0.1, 0.15) is 43.3 Å². The molecule has 0 unspecified atom stereocenters. The Morgan fingerprint density at radius 1 is 1.08 bits per heavy atom. The molecule has 3 aromatic rings. The Bertz CT molecular complexity index is 900. The second-order valence-electron chi connectivity index (χ2n) is 6.92. The van der Waals surface area contributed by atoms with E-state index in [1.807, 2.05) is 31.2 Å². The van der Waals surface area contributed by atoms with Crippen LogP contribution in [0.25, 0.3) is 5.65 Å². The highest BCUT2D eigenvalue weighted by Crippen LogP contribution is 2.21. The molecular formula is C21H25N3O. The van der Waals surface area contributed by atoms with E-state index >= 15 is 0 Å². The van der Waals surface area contributed by atoms with Crippen LogP contribution in [0.4, 0.5) is 0 Å². The minimum Gasteiger partial charge on any atom is -0.304 e. The molecule has 0 aliphatic carbocycles. The van der Waals surface area contributed by atoms with Gasteiger partial charge in [0.1, 0.15) is 5.65 Å². The van der Waals surface area contributed by atoms with E-state index in [1.54, 1.807) is 10.5 Å². The number of fused-ring (bicyclic) bond motifs is 1.